The fraction of sp³-hybridized carbons (Fsp3) is 0.267. The maximum absolute atomic E-state index is 5.98. The number of anilines is 1. The molecule has 3 rings (SSSR count). The van der Waals surface area contributed by atoms with E-state index in [1.807, 2.05) is 12.1 Å². The van der Waals surface area contributed by atoms with Crippen molar-refractivity contribution >= 4 is 21.6 Å². The van der Waals surface area contributed by atoms with Crippen molar-refractivity contribution in [3.63, 3.8) is 0 Å². The molecule has 1 aromatic carbocycles. The molecule has 2 N–H and O–H groups in total. The molecule has 0 bridgehead atoms. The fourth-order valence-electron chi connectivity index (χ4n) is 2.32. The van der Waals surface area contributed by atoms with Gasteiger partial charge in [-0.3, -0.25) is 4.98 Å². The summed E-state index contributed by atoms with van der Waals surface area (Å²) >= 11 is 3.40. The minimum absolute atomic E-state index is 0.206. The summed E-state index contributed by atoms with van der Waals surface area (Å²) in [6, 6.07) is 5.90. The van der Waals surface area contributed by atoms with Crippen LogP contribution in [0.2, 0.25) is 0 Å². The molecular weight excluding hydrogens is 320 g/mol. The Bertz CT molecular complexity index is 651. The summed E-state index contributed by atoms with van der Waals surface area (Å²) in [6.45, 7) is 4.13. The minimum Gasteiger partial charge on any atom is -0.483 e. The SMILES string of the molecule is CC1(C)Cc2cccc(Oc3c(N)cncc3Br)c2O1. The van der Waals surface area contributed by atoms with Crippen LogP contribution in [0.4, 0.5) is 5.69 Å². The number of nitrogen functional groups attached to an aromatic ring is 1. The number of hydrogen-bond acceptors (Lipinski definition) is 4. The number of para-hydroxylation sites is 1. The van der Waals surface area contributed by atoms with Crippen LogP contribution in [0.3, 0.4) is 0 Å². The lowest BCUT2D eigenvalue weighted by molar-refractivity contribution is 0.135. The molecule has 1 aromatic heterocycles. The van der Waals surface area contributed by atoms with Crippen LogP contribution in [-0.2, 0) is 6.42 Å². The summed E-state index contributed by atoms with van der Waals surface area (Å²) in [4.78, 5) is 4.00. The molecule has 0 saturated heterocycles. The largest absolute Gasteiger partial charge is 0.483 e. The summed E-state index contributed by atoms with van der Waals surface area (Å²) in [6.07, 6.45) is 4.08. The van der Waals surface area contributed by atoms with Crippen LogP contribution < -0.4 is 15.2 Å². The predicted molar refractivity (Wildman–Crippen MR) is 81.3 cm³/mol. The number of nitrogens with two attached hydrogens (primary N) is 1. The summed E-state index contributed by atoms with van der Waals surface area (Å²) in [7, 11) is 0. The van der Waals surface area contributed by atoms with Gasteiger partial charge in [0.15, 0.2) is 17.2 Å². The Kier molecular flexibility index (Phi) is 3.09. The molecule has 5 heteroatoms. The average molecular weight is 335 g/mol. The molecule has 2 aromatic rings. The second-order valence-corrected chi connectivity index (χ2v) is 6.28. The zero-order valence-corrected chi connectivity index (χ0v) is 12.9. The smallest absolute Gasteiger partial charge is 0.169 e. The van der Waals surface area contributed by atoms with Gasteiger partial charge in [0.25, 0.3) is 0 Å². The Morgan fingerprint density at radius 1 is 1.35 bits per heavy atom. The Hall–Kier alpha value is -1.75. The van der Waals surface area contributed by atoms with E-state index in [0.29, 0.717) is 21.7 Å². The van der Waals surface area contributed by atoms with E-state index >= 15 is 0 Å². The third-order valence-electron chi connectivity index (χ3n) is 3.15. The minimum atomic E-state index is -0.206. The first-order valence-electron chi connectivity index (χ1n) is 6.34. The van der Waals surface area contributed by atoms with E-state index in [1.54, 1.807) is 12.4 Å². The van der Waals surface area contributed by atoms with Gasteiger partial charge in [-0.25, -0.2) is 0 Å². The zero-order chi connectivity index (χ0) is 14.3. The molecule has 1 aliphatic rings. The highest BCUT2D eigenvalue weighted by atomic mass is 79.9. The fourth-order valence-corrected chi connectivity index (χ4v) is 2.75. The topological polar surface area (TPSA) is 57.4 Å². The molecule has 20 heavy (non-hydrogen) atoms. The number of nitrogens with zero attached hydrogens (tertiary/aromatic N) is 1. The molecule has 0 spiro atoms. The quantitative estimate of drug-likeness (QED) is 0.903. The number of halogens is 1. The standard InChI is InChI=1S/C15H15BrN2O2/c1-15(2)6-9-4-3-5-12(13(9)20-15)19-14-10(16)7-18-8-11(14)17/h3-5,7-8H,6,17H2,1-2H3. The molecule has 0 unspecified atom stereocenters. The Labute approximate surface area is 126 Å². The lowest BCUT2D eigenvalue weighted by atomic mass is 10.0. The van der Waals surface area contributed by atoms with Gasteiger partial charge in [-0.2, -0.15) is 0 Å². The van der Waals surface area contributed by atoms with Crippen LogP contribution in [-0.4, -0.2) is 10.6 Å². The molecule has 0 fully saturated rings. The van der Waals surface area contributed by atoms with Crippen LogP contribution in [0.5, 0.6) is 17.2 Å². The van der Waals surface area contributed by atoms with Gasteiger partial charge in [0, 0.05) is 18.2 Å². The average Bonchev–Trinajstić information content (AvgIpc) is 2.69. The van der Waals surface area contributed by atoms with E-state index in [4.69, 9.17) is 15.2 Å². The van der Waals surface area contributed by atoms with Gasteiger partial charge in [0.1, 0.15) is 5.60 Å². The third-order valence-corrected chi connectivity index (χ3v) is 3.71. The summed E-state index contributed by atoms with van der Waals surface area (Å²) < 4.78 is 12.6. The number of ether oxygens (including phenoxy) is 2. The molecule has 0 radical (unpaired) electrons. The molecule has 104 valence electrons. The zero-order valence-electron chi connectivity index (χ0n) is 11.3. The number of pyridine rings is 1. The van der Waals surface area contributed by atoms with Gasteiger partial charge in [0.2, 0.25) is 0 Å². The van der Waals surface area contributed by atoms with Gasteiger partial charge < -0.3 is 15.2 Å². The van der Waals surface area contributed by atoms with Crippen molar-refractivity contribution in [2.24, 2.45) is 0 Å². The summed E-state index contributed by atoms with van der Waals surface area (Å²) in [5, 5.41) is 0. The highest BCUT2D eigenvalue weighted by Gasteiger charge is 2.32. The second-order valence-electron chi connectivity index (χ2n) is 5.42. The van der Waals surface area contributed by atoms with Crippen LogP contribution in [0, 0.1) is 0 Å². The van der Waals surface area contributed by atoms with Gasteiger partial charge in [-0.05, 0) is 35.8 Å². The molecule has 0 atom stereocenters. The van der Waals surface area contributed by atoms with Crippen LogP contribution in [0.25, 0.3) is 0 Å². The Morgan fingerprint density at radius 2 is 2.15 bits per heavy atom. The molecule has 0 amide bonds. The molecule has 4 nitrogen and oxygen atoms in total. The first-order valence-corrected chi connectivity index (χ1v) is 7.13. The lowest BCUT2D eigenvalue weighted by Crippen LogP contribution is -2.24. The van der Waals surface area contributed by atoms with Crippen molar-refractivity contribution < 1.29 is 9.47 Å². The van der Waals surface area contributed by atoms with Crippen molar-refractivity contribution in [1.29, 1.82) is 0 Å². The monoisotopic (exact) mass is 334 g/mol. The molecule has 0 aliphatic carbocycles. The van der Waals surface area contributed by atoms with Gasteiger partial charge in [-0.1, -0.05) is 12.1 Å². The van der Waals surface area contributed by atoms with Gasteiger partial charge >= 0.3 is 0 Å². The van der Waals surface area contributed by atoms with Crippen molar-refractivity contribution in [3.8, 4) is 17.2 Å². The molecule has 0 saturated carbocycles. The highest BCUT2D eigenvalue weighted by Crippen LogP contribution is 2.45. The van der Waals surface area contributed by atoms with Crippen LogP contribution in [0.1, 0.15) is 19.4 Å². The number of rotatable bonds is 2. The summed E-state index contributed by atoms with van der Waals surface area (Å²) in [5.74, 6) is 2.02. The number of benzene rings is 1. The van der Waals surface area contributed by atoms with Gasteiger partial charge in [0.05, 0.1) is 16.4 Å². The van der Waals surface area contributed by atoms with Crippen molar-refractivity contribution in [2.75, 3.05) is 5.73 Å². The lowest BCUT2D eigenvalue weighted by Gasteiger charge is -2.18. The second kappa shape index (κ2) is 4.66. The van der Waals surface area contributed by atoms with Crippen LogP contribution >= 0.6 is 15.9 Å². The van der Waals surface area contributed by atoms with E-state index < -0.39 is 0 Å². The number of hydrogen-bond donors (Lipinski definition) is 1. The van der Waals surface area contributed by atoms with Gasteiger partial charge in [-0.15, -0.1) is 0 Å². The first-order chi connectivity index (χ1) is 9.46. The number of fused-ring (bicyclic) bond motifs is 1. The van der Waals surface area contributed by atoms with Crippen molar-refractivity contribution in [2.45, 2.75) is 25.9 Å². The summed E-state index contributed by atoms with van der Waals surface area (Å²) in [5.41, 5.74) is 7.33. The molecule has 2 heterocycles. The Balaban J connectivity index is 2.00. The maximum atomic E-state index is 5.98. The molecule has 1 aliphatic heterocycles. The van der Waals surface area contributed by atoms with E-state index in [2.05, 4.69) is 40.8 Å². The van der Waals surface area contributed by atoms with E-state index in [-0.39, 0.29) is 5.60 Å². The Morgan fingerprint density at radius 3 is 2.90 bits per heavy atom. The molecular formula is C15H15BrN2O2. The van der Waals surface area contributed by atoms with E-state index in [9.17, 15) is 0 Å². The van der Waals surface area contributed by atoms with E-state index in [1.165, 1.54) is 0 Å². The van der Waals surface area contributed by atoms with E-state index in [0.717, 1.165) is 17.7 Å². The normalized spacial score (nSPS) is 15.6. The highest BCUT2D eigenvalue weighted by molar-refractivity contribution is 9.10. The van der Waals surface area contributed by atoms with Crippen LogP contribution in [0.15, 0.2) is 35.1 Å². The predicted octanol–water partition coefficient (Wildman–Crippen LogP) is 3.93. The maximum Gasteiger partial charge on any atom is 0.169 e. The van der Waals surface area contributed by atoms with Crippen molar-refractivity contribution in [3.05, 3.63) is 40.6 Å². The first kappa shape index (κ1) is 13.2. The van der Waals surface area contributed by atoms with Crippen molar-refractivity contribution in [1.82, 2.24) is 4.98 Å². The third kappa shape index (κ3) is 2.33. The number of aromatic nitrogens is 1.